The Morgan fingerprint density at radius 1 is 0.950 bits per heavy atom. The molecule has 0 radical (unpaired) electrons. The van der Waals surface area contributed by atoms with E-state index in [0.29, 0.717) is 4.08 Å². The van der Waals surface area contributed by atoms with Gasteiger partial charge in [-0.1, -0.05) is 12.2 Å². The Morgan fingerprint density at radius 2 is 1.60 bits per heavy atom. The van der Waals surface area contributed by atoms with Crippen molar-refractivity contribution in [1.82, 2.24) is 0 Å². The lowest BCUT2D eigenvalue weighted by atomic mass is 9.70. The zero-order valence-electron chi connectivity index (χ0n) is 12.5. The Bertz CT molecular complexity index is 423. The van der Waals surface area contributed by atoms with Gasteiger partial charge in [0.25, 0.3) is 0 Å². The number of thioether (sulfide) groups is 2. The highest BCUT2D eigenvalue weighted by molar-refractivity contribution is 8.21. The van der Waals surface area contributed by atoms with Gasteiger partial charge in [-0.3, -0.25) is 0 Å². The monoisotopic (exact) mass is 306 g/mol. The molecule has 0 nitrogen and oxygen atoms in total. The van der Waals surface area contributed by atoms with Gasteiger partial charge in [-0.2, -0.15) is 0 Å². The fraction of sp³-hybridized carbons (Fsp3) is 0.778. The van der Waals surface area contributed by atoms with E-state index in [1.165, 1.54) is 30.8 Å². The molecule has 1 saturated heterocycles. The van der Waals surface area contributed by atoms with E-state index >= 15 is 0 Å². The fourth-order valence-electron chi connectivity index (χ4n) is 6.17. The average molecular weight is 307 g/mol. The Balaban J connectivity index is 1.63. The molecular weight excluding hydrogens is 280 g/mol. The predicted molar refractivity (Wildman–Crippen MR) is 92.0 cm³/mol. The minimum Gasteiger partial charge on any atom is -0.143 e. The van der Waals surface area contributed by atoms with Crippen molar-refractivity contribution in [1.29, 1.82) is 0 Å². The second kappa shape index (κ2) is 4.84. The SMILES string of the molecule is C=CC1CC(C=C)C2C3CC(CC3C3(C)SCCS3)C12. The van der Waals surface area contributed by atoms with E-state index in [1.807, 2.05) is 0 Å². The van der Waals surface area contributed by atoms with Crippen molar-refractivity contribution in [3.8, 4) is 0 Å². The molecule has 0 aromatic rings. The van der Waals surface area contributed by atoms with Crippen LogP contribution < -0.4 is 0 Å². The molecule has 0 amide bonds. The van der Waals surface area contributed by atoms with Gasteiger partial charge in [0.1, 0.15) is 0 Å². The fourth-order valence-corrected chi connectivity index (χ4v) is 9.45. The second-order valence-electron chi connectivity index (χ2n) is 7.40. The summed E-state index contributed by atoms with van der Waals surface area (Å²) in [5, 5.41) is 0. The molecule has 4 rings (SSSR count). The zero-order chi connectivity index (χ0) is 13.9. The number of rotatable bonds is 3. The van der Waals surface area contributed by atoms with Crippen molar-refractivity contribution < 1.29 is 0 Å². The summed E-state index contributed by atoms with van der Waals surface area (Å²) in [6, 6.07) is 0. The predicted octanol–water partition coefficient (Wildman–Crippen LogP) is 5.08. The smallest absolute Gasteiger partial charge is 0.0614 e. The summed E-state index contributed by atoms with van der Waals surface area (Å²) in [4.78, 5) is 0. The molecule has 7 atom stereocenters. The highest BCUT2D eigenvalue weighted by Crippen LogP contribution is 2.69. The van der Waals surface area contributed by atoms with E-state index in [-0.39, 0.29) is 0 Å². The maximum absolute atomic E-state index is 4.15. The molecule has 1 aliphatic heterocycles. The van der Waals surface area contributed by atoms with Crippen LogP contribution in [0.1, 0.15) is 26.2 Å². The molecule has 2 bridgehead atoms. The Morgan fingerprint density at radius 3 is 2.25 bits per heavy atom. The number of hydrogen-bond donors (Lipinski definition) is 0. The number of allylic oxidation sites excluding steroid dienone is 2. The summed E-state index contributed by atoms with van der Waals surface area (Å²) in [5.74, 6) is 9.05. The van der Waals surface area contributed by atoms with Crippen LogP contribution in [0.5, 0.6) is 0 Å². The van der Waals surface area contributed by atoms with E-state index < -0.39 is 0 Å². The molecule has 4 aliphatic rings. The lowest BCUT2D eigenvalue weighted by Gasteiger charge is -2.42. The lowest BCUT2D eigenvalue weighted by molar-refractivity contribution is 0.152. The van der Waals surface area contributed by atoms with Crippen molar-refractivity contribution in [3.63, 3.8) is 0 Å². The largest absolute Gasteiger partial charge is 0.143 e. The first-order valence-electron chi connectivity index (χ1n) is 8.21. The molecule has 1 heterocycles. The quantitative estimate of drug-likeness (QED) is 0.667. The topological polar surface area (TPSA) is 0 Å². The van der Waals surface area contributed by atoms with Crippen LogP contribution >= 0.6 is 23.5 Å². The summed E-state index contributed by atoms with van der Waals surface area (Å²) in [6.07, 6.45) is 8.87. The van der Waals surface area contributed by atoms with Crippen LogP contribution in [0.4, 0.5) is 0 Å². The van der Waals surface area contributed by atoms with Crippen LogP contribution in [-0.4, -0.2) is 15.6 Å². The third-order valence-electron chi connectivity index (χ3n) is 6.80. The molecular formula is C18H26S2. The first kappa shape index (κ1) is 13.8. The van der Waals surface area contributed by atoms with E-state index in [1.54, 1.807) is 0 Å². The minimum atomic E-state index is 0.516. The van der Waals surface area contributed by atoms with Gasteiger partial charge in [0.05, 0.1) is 4.08 Å². The van der Waals surface area contributed by atoms with Gasteiger partial charge in [0.2, 0.25) is 0 Å². The molecule has 0 aromatic heterocycles. The first-order valence-corrected chi connectivity index (χ1v) is 10.2. The third kappa shape index (κ3) is 1.76. The molecule has 110 valence electrons. The van der Waals surface area contributed by atoms with Crippen molar-refractivity contribution in [3.05, 3.63) is 25.3 Å². The van der Waals surface area contributed by atoms with Crippen LogP contribution in [0.3, 0.4) is 0 Å². The van der Waals surface area contributed by atoms with Gasteiger partial charge in [0, 0.05) is 11.5 Å². The van der Waals surface area contributed by atoms with E-state index in [4.69, 9.17) is 0 Å². The maximum Gasteiger partial charge on any atom is 0.0614 e. The maximum atomic E-state index is 4.15. The summed E-state index contributed by atoms with van der Waals surface area (Å²) in [6.45, 7) is 10.8. The Kier molecular flexibility index (Phi) is 3.35. The average Bonchev–Trinajstić information content (AvgIpc) is 3.18. The Hall–Kier alpha value is 0.180. The number of fused-ring (bicyclic) bond motifs is 5. The van der Waals surface area contributed by atoms with Crippen LogP contribution in [-0.2, 0) is 0 Å². The van der Waals surface area contributed by atoms with Gasteiger partial charge in [0.15, 0.2) is 0 Å². The van der Waals surface area contributed by atoms with Gasteiger partial charge < -0.3 is 0 Å². The molecule has 3 aliphatic carbocycles. The van der Waals surface area contributed by atoms with Crippen LogP contribution in [0.15, 0.2) is 25.3 Å². The standard InChI is InChI=1S/C18H26S2/c1-4-11-8-12(5-2)17-14-9-13(16(11)17)10-15(14)18(3)19-6-7-20-18/h4-5,11-17H,1-2,6-10H2,3H3. The van der Waals surface area contributed by atoms with Crippen molar-refractivity contribution in [2.75, 3.05) is 11.5 Å². The van der Waals surface area contributed by atoms with Crippen LogP contribution in [0.2, 0.25) is 0 Å². The summed E-state index contributed by atoms with van der Waals surface area (Å²) >= 11 is 4.50. The minimum absolute atomic E-state index is 0.516. The van der Waals surface area contributed by atoms with Crippen LogP contribution in [0.25, 0.3) is 0 Å². The Labute approximate surface area is 132 Å². The zero-order valence-corrected chi connectivity index (χ0v) is 14.1. The van der Waals surface area contributed by atoms with E-state index in [2.05, 4.69) is 55.8 Å². The molecule has 0 N–H and O–H groups in total. The van der Waals surface area contributed by atoms with E-state index in [9.17, 15) is 0 Å². The van der Waals surface area contributed by atoms with Gasteiger partial charge >= 0.3 is 0 Å². The number of hydrogen-bond acceptors (Lipinski definition) is 2. The molecule has 0 aromatic carbocycles. The molecule has 0 spiro atoms. The molecule has 20 heavy (non-hydrogen) atoms. The molecule has 7 unspecified atom stereocenters. The third-order valence-corrected chi connectivity index (χ3v) is 10.3. The van der Waals surface area contributed by atoms with Crippen molar-refractivity contribution >= 4 is 23.5 Å². The summed E-state index contributed by atoms with van der Waals surface area (Å²) in [5.41, 5.74) is 0. The summed E-state index contributed by atoms with van der Waals surface area (Å²) < 4.78 is 0.516. The molecule has 4 fully saturated rings. The molecule has 3 saturated carbocycles. The van der Waals surface area contributed by atoms with E-state index in [0.717, 1.165) is 41.4 Å². The van der Waals surface area contributed by atoms with Gasteiger partial charge in [-0.05, 0) is 67.6 Å². The van der Waals surface area contributed by atoms with Crippen LogP contribution in [0, 0.1) is 41.4 Å². The lowest BCUT2D eigenvalue weighted by Crippen LogP contribution is -2.38. The molecule has 2 heteroatoms. The van der Waals surface area contributed by atoms with Gasteiger partial charge in [-0.15, -0.1) is 36.7 Å². The normalized spacial score (nSPS) is 52.1. The second-order valence-corrected chi connectivity index (χ2v) is 10.8. The van der Waals surface area contributed by atoms with Crippen molar-refractivity contribution in [2.24, 2.45) is 41.4 Å². The summed E-state index contributed by atoms with van der Waals surface area (Å²) in [7, 11) is 0. The first-order chi connectivity index (χ1) is 9.68. The van der Waals surface area contributed by atoms with Gasteiger partial charge in [-0.25, -0.2) is 0 Å². The highest BCUT2D eigenvalue weighted by atomic mass is 32.2. The van der Waals surface area contributed by atoms with Crippen molar-refractivity contribution in [2.45, 2.75) is 30.3 Å². The highest BCUT2D eigenvalue weighted by Gasteiger charge is 2.62.